The molecule has 0 unspecified atom stereocenters. The number of carbonyl (C=O) groups is 1. The van der Waals surface area contributed by atoms with E-state index in [0.29, 0.717) is 16.4 Å². The summed E-state index contributed by atoms with van der Waals surface area (Å²) in [6, 6.07) is 20.3. The summed E-state index contributed by atoms with van der Waals surface area (Å²) in [5.74, 6) is 0.102. The van der Waals surface area contributed by atoms with Crippen LogP contribution in [0.25, 0.3) is 16.9 Å². The van der Waals surface area contributed by atoms with Crippen molar-refractivity contribution in [2.24, 2.45) is 0 Å². The Kier molecular flexibility index (Phi) is 6.05. The van der Waals surface area contributed by atoms with Crippen LogP contribution in [0, 0.1) is 17.0 Å². The maximum atomic E-state index is 13.1. The molecule has 0 bridgehead atoms. The van der Waals surface area contributed by atoms with Gasteiger partial charge in [0.1, 0.15) is 17.1 Å². The van der Waals surface area contributed by atoms with Gasteiger partial charge in [0.05, 0.1) is 28.6 Å². The van der Waals surface area contributed by atoms with Crippen LogP contribution < -0.4 is 10.1 Å². The Labute approximate surface area is 210 Å². The third kappa shape index (κ3) is 4.73. The lowest BCUT2D eigenvalue weighted by Crippen LogP contribution is -2.12. The average Bonchev–Trinajstić information content (AvgIpc) is 3.30. The summed E-state index contributed by atoms with van der Waals surface area (Å²) >= 11 is 5.90. The number of carbonyl (C=O) groups excluding carboxylic acids is 1. The van der Waals surface area contributed by atoms with Gasteiger partial charge in [-0.2, -0.15) is 5.10 Å². The number of rotatable bonds is 6. The zero-order valence-corrected chi connectivity index (χ0v) is 19.6. The van der Waals surface area contributed by atoms with Crippen LogP contribution in [0.5, 0.6) is 11.5 Å². The van der Waals surface area contributed by atoms with Crippen LogP contribution in [0.1, 0.15) is 15.9 Å². The van der Waals surface area contributed by atoms with Crippen LogP contribution in [0.4, 0.5) is 11.4 Å². The standard InChI is InChI=1S/C26H18ClN5O4/c1-16-2-4-17(5-3-16)24-10-11-28-25-23(15-29-31(24)25)26(33)30-19-12-20(32(34)35)14-22(13-19)36-21-8-6-18(27)7-9-21/h2-15H,1H3,(H,30,33). The normalized spacial score (nSPS) is 10.8. The van der Waals surface area contributed by atoms with Gasteiger partial charge >= 0.3 is 0 Å². The molecule has 0 saturated carbocycles. The second-order valence-corrected chi connectivity index (χ2v) is 8.41. The molecule has 2 heterocycles. The number of non-ortho nitro benzene ring substituents is 1. The molecule has 3 aromatic carbocycles. The first-order valence-electron chi connectivity index (χ1n) is 10.8. The van der Waals surface area contributed by atoms with Crippen molar-refractivity contribution in [1.29, 1.82) is 0 Å². The molecule has 36 heavy (non-hydrogen) atoms. The molecular weight excluding hydrogens is 482 g/mol. The topological polar surface area (TPSA) is 112 Å². The van der Waals surface area contributed by atoms with Crippen molar-refractivity contribution in [3.63, 3.8) is 0 Å². The number of nitrogens with one attached hydrogen (secondary N) is 1. The average molecular weight is 500 g/mol. The summed E-state index contributed by atoms with van der Waals surface area (Å²) in [4.78, 5) is 28.4. The molecule has 10 heteroatoms. The van der Waals surface area contributed by atoms with E-state index in [1.54, 1.807) is 35.0 Å². The van der Waals surface area contributed by atoms with Crippen LogP contribution in [0.3, 0.4) is 0 Å². The van der Waals surface area contributed by atoms with Gasteiger partial charge in [-0.25, -0.2) is 9.50 Å². The second-order valence-electron chi connectivity index (χ2n) is 7.97. The van der Waals surface area contributed by atoms with E-state index in [1.807, 2.05) is 37.3 Å². The number of benzene rings is 3. The molecule has 0 aliphatic heterocycles. The number of hydrogen-bond acceptors (Lipinski definition) is 6. The van der Waals surface area contributed by atoms with E-state index in [9.17, 15) is 14.9 Å². The molecule has 2 aromatic heterocycles. The maximum Gasteiger partial charge on any atom is 0.275 e. The first kappa shape index (κ1) is 23.0. The van der Waals surface area contributed by atoms with E-state index >= 15 is 0 Å². The van der Waals surface area contributed by atoms with Crippen LogP contribution in [-0.2, 0) is 0 Å². The van der Waals surface area contributed by atoms with Crippen molar-refractivity contribution in [3.8, 4) is 22.8 Å². The number of nitro benzene ring substituents is 1. The summed E-state index contributed by atoms with van der Waals surface area (Å²) in [5, 5.41) is 19.1. The highest BCUT2D eigenvalue weighted by Gasteiger charge is 2.19. The first-order valence-corrected chi connectivity index (χ1v) is 11.2. The molecule has 9 nitrogen and oxygen atoms in total. The second kappa shape index (κ2) is 9.47. The Morgan fingerprint density at radius 2 is 1.78 bits per heavy atom. The lowest BCUT2D eigenvalue weighted by Gasteiger charge is -2.09. The third-order valence-electron chi connectivity index (χ3n) is 5.40. The number of hydrogen-bond donors (Lipinski definition) is 1. The number of ether oxygens (including phenoxy) is 1. The van der Waals surface area contributed by atoms with Gasteiger partial charge in [-0.1, -0.05) is 41.4 Å². The molecule has 5 aromatic rings. The SMILES string of the molecule is Cc1ccc(-c2ccnc3c(C(=O)Nc4cc(Oc5ccc(Cl)cc5)cc([N+](=O)[O-])c4)cnn23)cc1. The summed E-state index contributed by atoms with van der Waals surface area (Å²) in [7, 11) is 0. The minimum Gasteiger partial charge on any atom is -0.457 e. The number of aromatic nitrogens is 3. The van der Waals surface area contributed by atoms with Crippen LogP contribution in [0.2, 0.25) is 5.02 Å². The van der Waals surface area contributed by atoms with Gasteiger partial charge in [-0.3, -0.25) is 14.9 Å². The van der Waals surface area contributed by atoms with Crippen LogP contribution >= 0.6 is 11.6 Å². The Balaban J connectivity index is 1.45. The molecule has 0 atom stereocenters. The molecule has 1 amide bonds. The number of nitrogens with zero attached hydrogens (tertiary/aromatic N) is 4. The smallest absolute Gasteiger partial charge is 0.275 e. The lowest BCUT2D eigenvalue weighted by atomic mass is 10.1. The predicted molar refractivity (Wildman–Crippen MR) is 136 cm³/mol. The lowest BCUT2D eigenvalue weighted by molar-refractivity contribution is -0.384. The highest BCUT2D eigenvalue weighted by Crippen LogP contribution is 2.31. The molecule has 0 aliphatic carbocycles. The maximum absolute atomic E-state index is 13.1. The number of fused-ring (bicyclic) bond motifs is 1. The number of halogens is 1. The molecule has 5 rings (SSSR count). The van der Waals surface area contributed by atoms with E-state index in [2.05, 4.69) is 15.4 Å². The number of aryl methyl sites for hydroxylation is 1. The van der Waals surface area contributed by atoms with E-state index in [0.717, 1.165) is 16.8 Å². The molecule has 0 saturated heterocycles. The van der Waals surface area contributed by atoms with Gasteiger partial charge in [0.25, 0.3) is 11.6 Å². The van der Waals surface area contributed by atoms with E-state index < -0.39 is 10.8 Å². The highest BCUT2D eigenvalue weighted by atomic mass is 35.5. The van der Waals surface area contributed by atoms with Crippen molar-refractivity contribution in [1.82, 2.24) is 14.6 Å². The summed E-state index contributed by atoms with van der Waals surface area (Å²) in [6.07, 6.45) is 3.02. The molecule has 0 spiro atoms. The van der Waals surface area contributed by atoms with Crippen molar-refractivity contribution >= 4 is 34.5 Å². The molecule has 0 fully saturated rings. The fraction of sp³-hybridized carbons (Fsp3) is 0.0385. The van der Waals surface area contributed by atoms with Gasteiger partial charge in [0, 0.05) is 28.9 Å². The Bertz CT molecular complexity index is 1600. The van der Waals surface area contributed by atoms with Gasteiger partial charge in [0.2, 0.25) is 0 Å². The fourth-order valence-electron chi connectivity index (χ4n) is 3.65. The minimum atomic E-state index is -0.560. The Morgan fingerprint density at radius 3 is 2.50 bits per heavy atom. The largest absolute Gasteiger partial charge is 0.457 e. The summed E-state index contributed by atoms with van der Waals surface area (Å²) in [6.45, 7) is 2.00. The predicted octanol–water partition coefficient (Wildman–Crippen LogP) is 6.31. The molecule has 0 radical (unpaired) electrons. The van der Waals surface area contributed by atoms with E-state index in [4.69, 9.17) is 16.3 Å². The zero-order valence-electron chi connectivity index (χ0n) is 18.9. The Morgan fingerprint density at radius 1 is 1.03 bits per heavy atom. The van der Waals surface area contributed by atoms with Crippen molar-refractivity contribution < 1.29 is 14.5 Å². The van der Waals surface area contributed by atoms with Crippen molar-refractivity contribution in [2.45, 2.75) is 6.92 Å². The molecule has 1 N–H and O–H groups in total. The van der Waals surface area contributed by atoms with Gasteiger partial charge in [-0.15, -0.1) is 0 Å². The van der Waals surface area contributed by atoms with Crippen molar-refractivity contribution in [2.75, 3.05) is 5.32 Å². The fourth-order valence-corrected chi connectivity index (χ4v) is 3.78. The minimum absolute atomic E-state index is 0.182. The van der Waals surface area contributed by atoms with Gasteiger partial charge < -0.3 is 10.1 Å². The monoisotopic (exact) mass is 499 g/mol. The van der Waals surface area contributed by atoms with Crippen LogP contribution in [0.15, 0.2) is 85.2 Å². The Hall–Kier alpha value is -4.76. The highest BCUT2D eigenvalue weighted by molar-refractivity contribution is 6.30. The first-order chi connectivity index (χ1) is 17.4. The molecule has 178 valence electrons. The molecule has 0 aliphatic rings. The summed E-state index contributed by atoms with van der Waals surface area (Å²) in [5.41, 5.74) is 3.34. The van der Waals surface area contributed by atoms with Crippen molar-refractivity contribution in [3.05, 3.63) is 111 Å². The number of anilines is 1. The third-order valence-corrected chi connectivity index (χ3v) is 5.65. The van der Waals surface area contributed by atoms with E-state index in [1.165, 1.54) is 24.4 Å². The van der Waals surface area contributed by atoms with Gasteiger partial charge in [-0.05, 0) is 37.3 Å². The molecular formula is C26H18ClN5O4. The summed E-state index contributed by atoms with van der Waals surface area (Å²) < 4.78 is 7.32. The van der Waals surface area contributed by atoms with Crippen LogP contribution in [-0.4, -0.2) is 25.4 Å². The number of nitro groups is 1. The van der Waals surface area contributed by atoms with E-state index in [-0.39, 0.29) is 22.7 Å². The quantitative estimate of drug-likeness (QED) is 0.216. The number of amides is 1. The van der Waals surface area contributed by atoms with Gasteiger partial charge in [0.15, 0.2) is 5.65 Å². The zero-order chi connectivity index (χ0) is 25.2.